The summed E-state index contributed by atoms with van der Waals surface area (Å²) in [6.45, 7) is 3.14. The van der Waals surface area contributed by atoms with E-state index in [1.54, 1.807) is 36.4 Å². The highest BCUT2D eigenvalue weighted by molar-refractivity contribution is 7.98. The van der Waals surface area contributed by atoms with E-state index < -0.39 is 10.1 Å². The Morgan fingerprint density at radius 3 is 2.48 bits per heavy atom. The molecule has 0 bridgehead atoms. The number of rotatable bonds is 17. The number of halogens is 2. The zero-order valence-corrected chi connectivity index (χ0v) is 30.0. The van der Waals surface area contributed by atoms with Crippen molar-refractivity contribution in [2.45, 2.75) is 35.3 Å². The fourth-order valence-corrected chi connectivity index (χ4v) is 6.47. The Morgan fingerprint density at radius 2 is 1.76 bits per heavy atom. The van der Waals surface area contributed by atoms with Gasteiger partial charge in [0.1, 0.15) is 22.2 Å². The lowest BCUT2D eigenvalue weighted by Crippen LogP contribution is -2.29. The topological polar surface area (TPSA) is 172 Å². The third-order valence-electron chi connectivity index (χ3n) is 6.62. The van der Waals surface area contributed by atoms with Crippen molar-refractivity contribution in [1.82, 2.24) is 20.6 Å². The molecule has 4 aromatic rings. The van der Waals surface area contributed by atoms with Gasteiger partial charge in [0.15, 0.2) is 0 Å². The summed E-state index contributed by atoms with van der Waals surface area (Å²) in [6, 6.07) is 17.9. The second kappa shape index (κ2) is 19.1. The van der Waals surface area contributed by atoms with Gasteiger partial charge in [-0.25, -0.2) is 9.97 Å². The minimum absolute atomic E-state index is 0.186. The molecule has 0 atom stereocenters. The van der Waals surface area contributed by atoms with E-state index in [4.69, 9.17) is 27.9 Å². The highest BCUT2D eigenvalue weighted by Crippen LogP contribution is 2.35. The predicted molar refractivity (Wildman–Crippen MR) is 197 cm³/mol. The van der Waals surface area contributed by atoms with E-state index >= 15 is 0 Å². The van der Waals surface area contributed by atoms with Gasteiger partial charge in [-0.2, -0.15) is 13.5 Å². The van der Waals surface area contributed by atoms with Crippen LogP contribution in [0.25, 0.3) is 6.08 Å². The quantitative estimate of drug-likeness (QED) is 0.0233. The molecule has 2 heterocycles. The van der Waals surface area contributed by atoms with Crippen LogP contribution in [0.4, 0.5) is 5.82 Å². The predicted octanol–water partition coefficient (Wildman–Crippen LogP) is 6.51. The molecule has 50 heavy (non-hydrogen) atoms. The number of nitrogens with one attached hydrogen (secondary N) is 3. The van der Waals surface area contributed by atoms with Gasteiger partial charge in [0.2, 0.25) is 5.91 Å². The fourth-order valence-electron chi connectivity index (χ4n) is 4.21. The molecule has 0 fully saturated rings. The number of carbonyl (C=O) groups is 2. The Balaban J connectivity index is 1.22. The average molecular weight is 758 g/mol. The van der Waals surface area contributed by atoms with Crippen molar-refractivity contribution in [3.05, 3.63) is 112 Å². The van der Waals surface area contributed by atoms with E-state index in [2.05, 4.69) is 31.1 Å². The summed E-state index contributed by atoms with van der Waals surface area (Å²) in [6.07, 6.45) is 6.89. The molecule has 16 heteroatoms. The number of pyridine rings is 2. The van der Waals surface area contributed by atoms with Crippen LogP contribution < -0.4 is 20.8 Å². The number of nitrogens with zero attached hydrogens (tertiary/aromatic N) is 3. The van der Waals surface area contributed by atoms with E-state index in [9.17, 15) is 22.6 Å². The van der Waals surface area contributed by atoms with Gasteiger partial charge < -0.3 is 15.4 Å². The number of thioether (sulfide) groups is 1. The molecule has 0 radical (unpaired) electrons. The number of anilines is 1. The third-order valence-corrected chi connectivity index (χ3v) is 9.58. The summed E-state index contributed by atoms with van der Waals surface area (Å²) in [5, 5.41) is 10.6. The Morgan fingerprint density at radius 1 is 1.00 bits per heavy atom. The molecule has 0 aliphatic carbocycles. The van der Waals surface area contributed by atoms with Crippen LogP contribution in [0, 0.1) is 0 Å². The Hall–Kier alpha value is -4.47. The number of aromatic nitrogens is 2. The molecule has 4 N–H and O–H groups in total. The third kappa shape index (κ3) is 11.8. The van der Waals surface area contributed by atoms with Crippen molar-refractivity contribution in [2.24, 2.45) is 5.10 Å². The number of amides is 2. The summed E-state index contributed by atoms with van der Waals surface area (Å²) in [4.78, 5) is 34.4. The lowest BCUT2D eigenvalue weighted by Gasteiger charge is -2.11. The van der Waals surface area contributed by atoms with Gasteiger partial charge in [0, 0.05) is 41.6 Å². The molecular weight excluding hydrogens is 723 g/mol. The lowest BCUT2D eigenvalue weighted by molar-refractivity contribution is -0.116. The maximum absolute atomic E-state index is 12.5. The first-order chi connectivity index (χ1) is 24.0. The van der Waals surface area contributed by atoms with E-state index in [0.29, 0.717) is 64.7 Å². The summed E-state index contributed by atoms with van der Waals surface area (Å²) >= 11 is 14.1. The van der Waals surface area contributed by atoms with Gasteiger partial charge >= 0.3 is 0 Å². The molecule has 0 spiro atoms. The molecule has 2 aromatic carbocycles. The first kappa shape index (κ1) is 38.3. The molecule has 0 saturated carbocycles. The first-order valence-electron chi connectivity index (χ1n) is 15.3. The standard InChI is InChI=1S/C34H34Cl2N6O6S2/c1-2-19-48-29-14-12-25(22-49-33-26(35)8-5-9-27(33)36)41-28(29)13-16-32(43)37-17-6-18-38-34(44)24-11-15-31(39-20-24)42-40-21-23-7-3-4-10-30(23)50(45,46)47/h3-5,7-16,20-21H,2,6,17-19,22H2,1H3,(H,37,43)(H,38,44)(H,39,42)(H,45,46,47)/b16-13+,40-21+. The first-order valence-corrected chi connectivity index (χ1v) is 18.5. The smallest absolute Gasteiger partial charge is 0.295 e. The van der Waals surface area contributed by atoms with Gasteiger partial charge in [-0.3, -0.25) is 19.6 Å². The monoisotopic (exact) mass is 756 g/mol. The Kier molecular flexibility index (Phi) is 14.6. The van der Waals surface area contributed by atoms with Gasteiger partial charge in [0.05, 0.1) is 34.1 Å². The molecule has 0 aliphatic rings. The van der Waals surface area contributed by atoms with E-state index in [1.807, 2.05) is 19.1 Å². The number of hydrazone groups is 1. The van der Waals surface area contributed by atoms with Gasteiger partial charge in [-0.15, -0.1) is 11.8 Å². The van der Waals surface area contributed by atoms with Crippen LogP contribution in [0.1, 0.15) is 47.1 Å². The van der Waals surface area contributed by atoms with E-state index in [0.717, 1.165) is 17.0 Å². The molecule has 0 aliphatic heterocycles. The fraction of sp³-hybridized carbons (Fsp3) is 0.206. The number of hydrogen-bond donors (Lipinski definition) is 4. The molecule has 0 saturated heterocycles. The van der Waals surface area contributed by atoms with Crippen LogP contribution in [-0.4, -0.2) is 60.7 Å². The van der Waals surface area contributed by atoms with E-state index in [-0.39, 0.29) is 22.3 Å². The average Bonchev–Trinajstić information content (AvgIpc) is 3.10. The number of carbonyl (C=O) groups excluding carboxylic acids is 2. The van der Waals surface area contributed by atoms with Crippen LogP contribution in [0.3, 0.4) is 0 Å². The van der Waals surface area contributed by atoms with Crippen molar-refractivity contribution in [3.8, 4) is 5.75 Å². The lowest BCUT2D eigenvalue weighted by atomic mass is 10.2. The SMILES string of the molecule is CCCOc1ccc(CSc2c(Cl)cccc2Cl)nc1/C=C/C(=O)NCCCNC(=O)c1ccc(N/N=C/c2ccccc2S(=O)(=O)O)nc1. The summed E-state index contributed by atoms with van der Waals surface area (Å²) < 4.78 is 38.2. The van der Waals surface area contributed by atoms with Crippen molar-refractivity contribution in [3.63, 3.8) is 0 Å². The molecule has 2 aromatic heterocycles. The molecule has 2 amide bonds. The van der Waals surface area contributed by atoms with Crippen LogP contribution >= 0.6 is 35.0 Å². The highest BCUT2D eigenvalue weighted by Gasteiger charge is 2.13. The Bertz CT molecular complexity index is 1940. The zero-order valence-electron chi connectivity index (χ0n) is 26.8. The number of hydrogen-bond acceptors (Lipinski definition) is 10. The zero-order chi connectivity index (χ0) is 35.9. The second-order valence-corrected chi connectivity index (χ2v) is 13.6. The van der Waals surface area contributed by atoms with Gasteiger partial charge in [0.25, 0.3) is 16.0 Å². The molecule has 262 valence electrons. The molecule has 0 unspecified atom stereocenters. The normalized spacial score (nSPS) is 11.5. The summed E-state index contributed by atoms with van der Waals surface area (Å²) in [5.74, 6) is 0.722. The van der Waals surface area contributed by atoms with Crippen LogP contribution in [-0.2, 0) is 20.7 Å². The highest BCUT2D eigenvalue weighted by atomic mass is 35.5. The van der Waals surface area contributed by atoms with Crippen LogP contribution in [0.15, 0.2) is 93.9 Å². The summed E-state index contributed by atoms with van der Waals surface area (Å²) in [5.41, 5.74) is 4.43. The minimum Gasteiger partial charge on any atom is -0.491 e. The van der Waals surface area contributed by atoms with Crippen molar-refractivity contribution >= 4 is 75.0 Å². The van der Waals surface area contributed by atoms with Crippen LogP contribution in [0.2, 0.25) is 10.0 Å². The second-order valence-electron chi connectivity index (χ2n) is 10.4. The molecule has 4 rings (SSSR count). The molecule has 12 nitrogen and oxygen atoms in total. The maximum atomic E-state index is 12.5. The molecular formula is C34H34Cl2N6O6S2. The summed E-state index contributed by atoms with van der Waals surface area (Å²) in [7, 11) is -4.40. The van der Waals surface area contributed by atoms with Crippen molar-refractivity contribution in [2.75, 3.05) is 25.1 Å². The number of benzene rings is 2. The van der Waals surface area contributed by atoms with Gasteiger partial charge in [-0.1, -0.05) is 54.4 Å². The Labute approximate surface area is 304 Å². The van der Waals surface area contributed by atoms with Crippen molar-refractivity contribution in [1.29, 1.82) is 0 Å². The largest absolute Gasteiger partial charge is 0.491 e. The number of ether oxygens (including phenoxy) is 1. The van der Waals surface area contributed by atoms with Gasteiger partial charge in [-0.05, 0) is 61.4 Å². The minimum atomic E-state index is -4.40. The van der Waals surface area contributed by atoms with Crippen LogP contribution in [0.5, 0.6) is 5.75 Å². The maximum Gasteiger partial charge on any atom is 0.295 e. The van der Waals surface area contributed by atoms with Crippen molar-refractivity contribution < 1.29 is 27.3 Å². The van der Waals surface area contributed by atoms with E-state index in [1.165, 1.54) is 54.5 Å².